The summed E-state index contributed by atoms with van der Waals surface area (Å²) in [6.07, 6.45) is 4.95. The monoisotopic (exact) mass is 330 g/mol. The summed E-state index contributed by atoms with van der Waals surface area (Å²) in [6.45, 7) is 1.95. The minimum absolute atomic E-state index is 0.0747. The Labute approximate surface area is 129 Å². The molecule has 5 nitrogen and oxygen atoms in total. The number of halogens is 1. The number of benzene rings is 1. The zero-order valence-corrected chi connectivity index (χ0v) is 13.4. The van der Waals surface area contributed by atoms with Gasteiger partial charge in [0, 0.05) is 5.41 Å². The highest BCUT2D eigenvalue weighted by Gasteiger charge is 2.34. The first-order valence-corrected chi connectivity index (χ1v) is 8.79. The summed E-state index contributed by atoms with van der Waals surface area (Å²) >= 11 is 6.03. The molecule has 1 fully saturated rings. The van der Waals surface area contributed by atoms with Crippen LogP contribution in [0.5, 0.6) is 0 Å². The Kier molecular flexibility index (Phi) is 4.60. The molecule has 21 heavy (non-hydrogen) atoms. The average molecular weight is 331 g/mol. The standard InChI is InChI=1S/C14H19ClN2O3S/c1-14(7-3-2-4-8-14)13(18)17-12-6-5-10(9-11(12)15)21(16,19)20/h5-6,9H,2-4,7-8H2,1H3,(H,17,18)(H2,16,19,20). The number of hydrogen-bond acceptors (Lipinski definition) is 3. The molecular formula is C14H19ClN2O3S. The maximum Gasteiger partial charge on any atom is 0.238 e. The van der Waals surface area contributed by atoms with Crippen LogP contribution in [-0.4, -0.2) is 14.3 Å². The van der Waals surface area contributed by atoms with Crippen molar-refractivity contribution in [2.45, 2.75) is 43.9 Å². The third-order valence-electron chi connectivity index (χ3n) is 4.02. The van der Waals surface area contributed by atoms with E-state index in [0.717, 1.165) is 32.1 Å². The maximum absolute atomic E-state index is 12.4. The van der Waals surface area contributed by atoms with Crippen LogP contribution in [-0.2, 0) is 14.8 Å². The van der Waals surface area contributed by atoms with Gasteiger partial charge in [-0.15, -0.1) is 0 Å². The number of carbonyl (C=O) groups excluding carboxylic acids is 1. The van der Waals surface area contributed by atoms with Gasteiger partial charge in [-0.25, -0.2) is 13.6 Å². The number of amides is 1. The molecule has 1 aromatic carbocycles. The van der Waals surface area contributed by atoms with Crippen LogP contribution in [0.4, 0.5) is 5.69 Å². The number of primary sulfonamides is 1. The lowest BCUT2D eigenvalue weighted by Gasteiger charge is -2.32. The van der Waals surface area contributed by atoms with E-state index in [1.54, 1.807) is 0 Å². The van der Waals surface area contributed by atoms with E-state index in [1.165, 1.54) is 18.2 Å². The molecule has 1 aliphatic carbocycles. The van der Waals surface area contributed by atoms with E-state index in [0.29, 0.717) is 5.69 Å². The lowest BCUT2D eigenvalue weighted by molar-refractivity contribution is -0.126. The highest BCUT2D eigenvalue weighted by molar-refractivity contribution is 7.89. The molecule has 0 saturated heterocycles. The summed E-state index contributed by atoms with van der Waals surface area (Å²) in [7, 11) is -3.80. The lowest BCUT2D eigenvalue weighted by atomic mass is 9.75. The van der Waals surface area contributed by atoms with Gasteiger partial charge in [0.15, 0.2) is 0 Å². The highest BCUT2D eigenvalue weighted by Crippen LogP contribution is 2.37. The van der Waals surface area contributed by atoms with Gasteiger partial charge in [0.25, 0.3) is 0 Å². The molecule has 116 valence electrons. The number of carbonyl (C=O) groups is 1. The molecular weight excluding hydrogens is 312 g/mol. The summed E-state index contributed by atoms with van der Waals surface area (Å²) in [5.74, 6) is -0.0764. The van der Waals surface area contributed by atoms with Gasteiger partial charge in [0.1, 0.15) is 0 Å². The van der Waals surface area contributed by atoms with Gasteiger partial charge in [-0.2, -0.15) is 0 Å². The maximum atomic E-state index is 12.4. The molecule has 0 atom stereocenters. The third kappa shape index (κ3) is 3.75. The van der Waals surface area contributed by atoms with Crippen LogP contribution in [0.25, 0.3) is 0 Å². The van der Waals surface area contributed by atoms with E-state index in [9.17, 15) is 13.2 Å². The Morgan fingerprint density at radius 2 is 1.90 bits per heavy atom. The molecule has 7 heteroatoms. The Balaban J connectivity index is 2.18. The van der Waals surface area contributed by atoms with Crippen molar-refractivity contribution >= 4 is 33.2 Å². The van der Waals surface area contributed by atoms with Gasteiger partial charge >= 0.3 is 0 Å². The molecule has 0 unspecified atom stereocenters. The number of nitrogens with two attached hydrogens (primary N) is 1. The van der Waals surface area contributed by atoms with E-state index in [4.69, 9.17) is 16.7 Å². The number of rotatable bonds is 3. The van der Waals surface area contributed by atoms with Crippen molar-refractivity contribution in [1.29, 1.82) is 0 Å². The fourth-order valence-electron chi connectivity index (χ4n) is 2.61. The van der Waals surface area contributed by atoms with Crippen molar-refractivity contribution < 1.29 is 13.2 Å². The predicted molar refractivity (Wildman–Crippen MR) is 82.6 cm³/mol. The van der Waals surface area contributed by atoms with Crippen LogP contribution in [0.3, 0.4) is 0 Å². The molecule has 0 radical (unpaired) electrons. The third-order valence-corrected chi connectivity index (χ3v) is 5.25. The first kappa shape index (κ1) is 16.3. The van der Waals surface area contributed by atoms with Crippen molar-refractivity contribution in [1.82, 2.24) is 0 Å². The summed E-state index contributed by atoms with van der Waals surface area (Å²) in [5.41, 5.74) is 0.0149. The molecule has 0 spiro atoms. The Morgan fingerprint density at radius 3 is 2.43 bits per heavy atom. The smallest absolute Gasteiger partial charge is 0.238 e. The number of sulfonamides is 1. The zero-order valence-electron chi connectivity index (χ0n) is 11.9. The van der Waals surface area contributed by atoms with Gasteiger partial charge < -0.3 is 5.32 Å². The summed E-state index contributed by atoms with van der Waals surface area (Å²) in [4.78, 5) is 12.3. The number of anilines is 1. The van der Waals surface area contributed by atoms with Crippen molar-refractivity contribution in [2.24, 2.45) is 10.6 Å². The van der Waals surface area contributed by atoms with Gasteiger partial charge in [-0.1, -0.05) is 37.8 Å². The van der Waals surface area contributed by atoms with E-state index in [-0.39, 0.29) is 21.2 Å². The fraction of sp³-hybridized carbons (Fsp3) is 0.500. The minimum atomic E-state index is -3.80. The molecule has 0 heterocycles. The second-order valence-corrected chi connectivity index (χ2v) is 7.73. The summed E-state index contributed by atoms with van der Waals surface area (Å²) < 4.78 is 22.5. The molecule has 1 saturated carbocycles. The molecule has 1 aliphatic rings. The summed E-state index contributed by atoms with van der Waals surface area (Å²) in [5, 5.41) is 8.00. The van der Waals surface area contributed by atoms with Crippen LogP contribution in [0.15, 0.2) is 23.1 Å². The molecule has 0 aromatic heterocycles. The number of hydrogen-bond donors (Lipinski definition) is 2. The van der Waals surface area contributed by atoms with E-state index in [1.807, 2.05) is 6.92 Å². The van der Waals surface area contributed by atoms with Gasteiger partial charge in [-0.3, -0.25) is 4.79 Å². The molecule has 1 aromatic rings. The van der Waals surface area contributed by atoms with Crippen LogP contribution >= 0.6 is 11.6 Å². The predicted octanol–water partition coefficient (Wildman–Crippen LogP) is 2.90. The van der Waals surface area contributed by atoms with Crippen LogP contribution in [0.1, 0.15) is 39.0 Å². The largest absolute Gasteiger partial charge is 0.324 e. The van der Waals surface area contributed by atoms with E-state index < -0.39 is 10.0 Å². The zero-order chi connectivity index (χ0) is 15.7. The molecule has 2 rings (SSSR count). The Bertz CT molecular complexity index is 652. The molecule has 1 amide bonds. The number of nitrogens with one attached hydrogen (secondary N) is 1. The van der Waals surface area contributed by atoms with Crippen molar-refractivity contribution in [2.75, 3.05) is 5.32 Å². The quantitative estimate of drug-likeness (QED) is 0.893. The Hall–Kier alpha value is -1.11. The van der Waals surface area contributed by atoms with Crippen LogP contribution in [0.2, 0.25) is 5.02 Å². The van der Waals surface area contributed by atoms with Gasteiger partial charge in [0.2, 0.25) is 15.9 Å². The first-order chi connectivity index (χ1) is 9.72. The van der Waals surface area contributed by atoms with Crippen LogP contribution in [0, 0.1) is 5.41 Å². The Morgan fingerprint density at radius 1 is 1.29 bits per heavy atom. The SMILES string of the molecule is CC1(C(=O)Nc2ccc(S(N)(=O)=O)cc2Cl)CCCCC1. The van der Waals surface area contributed by atoms with Gasteiger partial charge in [-0.05, 0) is 31.0 Å². The van der Waals surface area contributed by atoms with Gasteiger partial charge in [0.05, 0.1) is 15.6 Å². The normalized spacial score (nSPS) is 18.2. The highest BCUT2D eigenvalue weighted by atomic mass is 35.5. The average Bonchev–Trinajstić information content (AvgIpc) is 2.40. The van der Waals surface area contributed by atoms with Crippen molar-refractivity contribution in [3.63, 3.8) is 0 Å². The second kappa shape index (κ2) is 5.94. The minimum Gasteiger partial charge on any atom is -0.324 e. The summed E-state index contributed by atoms with van der Waals surface area (Å²) in [6, 6.07) is 4.04. The fourth-order valence-corrected chi connectivity index (χ4v) is 3.44. The second-order valence-electron chi connectivity index (χ2n) is 5.76. The topological polar surface area (TPSA) is 89.3 Å². The molecule has 0 aliphatic heterocycles. The van der Waals surface area contributed by atoms with Crippen molar-refractivity contribution in [3.05, 3.63) is 23.2 Å². The van der Waals surface area contributed by atoms with E-state index in [2.05, 4.69) is 5.32 Å². The lowest BCUT2D eigenvalue weighted by Crippen LogP contribution is -2.35. The van der Waals surface area contributed by atoms with Crippen LogP contribution < -0.4 is 10.5 Å². The molecule has 3 N–H and O–H groups in total. The van der Waals surface area contributed by atoms with Crippen molar-refractivity contribution in [3.8, 4) is 0 Å². The molecule has 0 bridgehead atoms. The first-order valence-electron chi connectivity index (χ1n) is 6.86. The van der Waals surface area contributed by atoms with E-state index >= 15 is 0 Å².